The molecule has 3 nitrogen and oxygen atoms in total. The van der Waals surface area contributed by atoms with Crippen LogP contribution < -0.4 is 10.6 Å². The van der Waals surface area contributed by atoms with Crippen LogP contribution in [-0.4, -0.2) is 25.5 Å². The van der Waals surface area contributed by atoms with Crippen molar-refractivity contribution in [1.82, 2.24) is 10.6 Å². The van der Waals surface area contributed by atoms with Crippen LogP contribution in [0.25, 0.3) is 0 Å². The van der Waals surface area contributed by atoms with Gasteiger partial charge in [-0.05, 0) is 49.4 Å². The monoisotopic (exact) mass is 260 g/mol. The summed E-state index contributed by atoms with van der Waals surface area (Å²) in [6.45, 7) is 4.88. The van der Waals surface area contributed by atoms with E-state index in [1.807, 2.05) is 18.4 Å². The maximum Gasteiger partial charge on any atom is 0.261 e. The molecule has 1 aromatic heterocycles. The fourth-order valence-corrected chi connectivity index (χ4v) is 2.65. The van der Waals surface area contributed by atoms with Gasteiger partial charge in [-0.3, -0.25) is 4.79 Å². The fraction of sp³-hybridized carbons (Fsp3) is 0.545. The number of nitrogens with one attached hydrogen (secondary N) is 2. The molecule has 1 aliphatic heterocycles. The molecule has 0 bridgehead atoms. The van der Waals surface area contributed by atoms with Gasteiger partial charge in [-0.15, -0.1) is 23.7 Å². The molecule has 0 radical (unpaired) electrons. The normalized spacial score (nSPS) is 19.2. The van der Waals surface area contributed by atoms with Gasteiger partial charge in [-0.2, -0.15) is 0 Å². The van der Waals surface area contributed by atoms with Gasteiger partial charge in [0.25, 0.3) is 5.91 Å². The molecule has 0 aliphatic carbocycles. The second-order valence-corrected chi connectivity index (χ2v) is 4.92. The van der Waals surface area contributed by atoms with E-state index in [0.717, 1.165) is 30.1 Å². The minimum absolute atomic E-state index is 0. The van der Waals surface area contributed by atoms with Gasteiger partial charge in [0.15, 0.2) is 0 Å². The molecule has 1 atom stereocenters. The van der Waals surface area contributed by atoms with Crippen LogP contribution in [0.5, 0.6) is 0 Å². The molecular weight excluding hydrogens is 244 g/mol. The molecule has 1 amide bonds. The summed E-state index contributed by atoms with van der Waals surface area (Å²) in [4.78, 5) is 12.6. The molecule has 2 rings (SSSR count). The Labute approximate surface area is 106 Å². The molecule has 1 saturated heterocycles. The Kier molecular flexibility index (Phi) is 5.25. The van der Waals surface area contributed by atoms with E-state index in [2.05, 4.69) is 10.6 Å². The highest BCUT2D eigenvalue weighted by molar-refractivity contribution is 7.12. The number of hydrogen-bond acceptors (Lipinski definition) is 3. The molecular formula is C11H17ClN2OS. The summed E-state index contributed by atoms with van der Waals surface area (Å²) in [6.07, 6.45) is 1.17. The Balaban J connectivity index is 0.00000128. The van der Waals surface area contributed by atoms with E-state index in [9.17, 15) is 4.79 Å². The van der Waals surface area contributed by atoms with Gasteiger partial charge in [-0.1, -0.05) is 0 Å². The Morgan fingerprint density at radius 2 is 2.50 bits per heavy atom. The number of halogens is 1. The number of carbonyl (C=O) groups excluding carboxylic acids is 1. The smallest absolute Gasteiger partial charge is 0.261 e. The second kappa shape index (κ2) is 6.23. The van der Waals surface area contributed by atoms with Crippen molar-refractivity contribution in [2.75, 3.05) is 19.6 Å². The summed E-state index contributed by atoms with van der Waals surface area (Å²) < 4.78 is 0. The van der Waals surface area contributed by atoms with Gasteiger partial charge >= 0.3 is 0 Å². The summed E-state index contributed by atoms with van der Waals surface area (Å²) in [5.74, 6) is 0.684. The zero-order valence-corrected chi connectivity index (χ0v) is 10.9. The number of carbonyl (C=O) groups is 1. The van der Waals surface area contributed by atoms with Gasteiger partial charge in [-0.25, -0.2) is 0 Å². The summed E-state index contributed by atoms with van der Waals surface area (Å²) >= 11 is 1.51. The van der Waals surface area contributed by atoms with Crippen molar-refractivity contribution in [3.05, 3.63) is 21.9 Å². The second-order valence-electron chi connectivity index (χ2n) is 4.00. The minimum atomic E-state index is 0. The third kappa shape index (κ3) is 3.20. The van der Waals surface area contributed by atoms with E-state index < -0.39 is 0 Å². The predicted molar refractivity (Wildman–Crippen MR) is 69.6 cm³/mol. The quantitative estimate of drug-likeness (QED) is 0.871. The molecule has 2 heterocycles. The highest BCUT2D eigenvalue weighted by atomic mass is 35.5. The first-order chi connectivity index (χ1) is 7.27. The molecule has 0 aromatic carbocycles. The summed E-state index contributed by atoms with van der Waals surface area (Å²) in [6, 6.07) is 1.98. The minimum Gasteiger partial charge on any atom is -0.351 e. The predicted octanol–water partition coefficient (Wildman–Crippen LogP) is 1.82. The highest BCUT2D eigenvalue weighted by Crippen LogP contribution is 2.15. The first kappa shape index (κ1) is 13.5. The lowest BCUT2D eigenvalue weighted by Gasteiger charge is -2.09. The number of amides is 1. The topological polar surface area (TPSA) is 41.1 Å². The average Bonchev–Trinajstić information content (AvgIpc) is 2.84. The van der Waals surface area contributed by atoms with Crippen LogP contribution in [0.4, 0.5) is 0 Å². The van der Waals surface area contributed by atoms with Gasteiger partial charge in [0, 0.05) is 6.54 Å². The van der Waals surface area contributed by atoms with Crippen LogP contribution in [0.15, 0.2) is 11.4 Å². The lowest BCUT2D eigenvalue weighted by atomic mass is 10.1. The van der Waals surface area contributed by atoms with E-state index in [1.54, 1.807) is 0 Å². The van der Waals surface area contributed by atoms with E-state index in [0.29, 0.717) is 5.92 Å². The van der Waals surface area contributed by atoms with E-state index in [-0.39, 0.29) is 18.3 Å². The number of thiophene rings is 1. The molecule has 1 unspecified atom stereocenters. The molecule has 1 aliphatic rings. The van der Waals surface area contributed by atoms with Gasteiger partial charge in [0.1, 0.15) is 0 Å². The Morgan fingerprint density at radius 1 is 1.69 bits per heavy atom. The van der Waals surface area contributed by atoms with Crippen molar-refractivity contribution in [1.29, 1.82) is 0 Å². The Morgan fingerprint density at radius 3 is 3.06 bits per heavy atom. The first-order valence-electron chi connectivity index (χ1n) is 5.30. The van der Waals surface area contributed by atoms with Crippen molar-refractivity contribution < 1.29 is 4.79 Å². The van der Waals surface area contributed by atoms with Crippen LogP contribution in [0, 0.1) is 12.8 Å². The molecule has 0 spiro atoms. The number of hydrogen-bond donors (Lipinski definition) is 2. The fourth-order valence-electron chi connectivity index (χ4n) is 1.81. The Bertz CT molecular complexity index is 348. The third-order valence-electron chi connectivity index (χ3n) is 2.78. The van der Waals surface area contributed by atoms with Gasteiger partial charge in [0.05, 0.1) is 4.88 Å². The summed E-state index contributed by atoms with van der Waals surface area (Å²) in [7, 11) is 0. The van der Waals surface area contributed by atoms with Gasteiger partial charge < -0.3 is 10.6 Å². The molecule has 1 aromatic rings. The molecule has 16 heavy (non-hydrogen) atoms. The lowest BCUT2D eigenvalue weighted by molar-refractivity contribution is 0.0951. The third-order valence-corrected chi connectivity index (χ3v) is 3.80. The van der Waals surface area contributed by atoms with Crippen molar-refractivity contribution in [3.63, 3.8) is 0 Å². The van der Waals surface area contributed by atoms with E-state index in [4.69, 9.17) is 0 Å². The van der Waals surface area contributed by atoms with Crippen LogP contribution in [-0.2, 0) is 0 Å². The van der Waals surface area contributed by atoms with Crippen molar-refractivity contribution in [2.24, 2.45) is 5.92 Å². The van der Waals surface area contributed by atoms with E-state index >= 15 is 0 Å². The van der Waals surface area contributed by atoms with Crippen LogP contribution in [0.1, 0.15) is 21.7 Å². The molecule has 90 valence electrons. The molecule has 0 saturated carbocycles. The van der Waals surface area contributed by atoms with Crippen molar-refractivity contribution in [3.8, 4) is 0 Å². The maximum atomic E-state index is 11.8. The molecule has 5 heteroatoms. The SMILES string of the molecule is Cc1ccsc1C(=O)NCC1CCNC1.Cl. The van der Waals surface area contributed by atoms with Crippen molar-refractivity contribution in [2.45, 2.75) is 13.3 Å². The zero-order valence-electron chi connectivity index (χ0n) is 9.29. The van der Waals surface area contributed by atoms with E-state index in [1.165, 1.54) is 17.8 Å². The number of rotatable bonds is 3. The van der Waals surface area contributed by atoms with Crippen LogP contribution in [0.3, 0.4) is 0 Å². The van der Waals surface area contributed by atoms with Crippen molar-refractivity contribution >= 4 is 29.7 Å². The zero-order chi connectivity index (χ0) is 10.7. The standard InChI is InChI=1S/C11H16N2OS.ClH/c1-8-3-5-15-10(8)11(14)13-7-9-2-4-12-6-9;/h3,5,9,12H,2,4,6-7H2,1H3,(H,13,14);1H. The average molecular weight is 261 g/mol. The van der Waals surface area contributed by atoms with Gasteiger partial charge in [0.2, 0.25) is 0 Å². The number of aryl methyl sites for hydroxylation is 1. The molecule has 2 N–H and O–H groups in total. The maximum absolute atomic E-state index is 11.8. The largest absolute Gasteiger partial charge is 0.351 e. The molecule has 1 fully saturated rings. The van der Waals surface area contributed by atoms with Crippen LogP contribution in [0.2, 0.25) is 0 Å². The summed E-state index contributed by atoms with van der Waals surface area (Å²) in [5, 5.41) is 8.25. The summed E-state index contributed by atoms with van der Waals surface area (Å²) in [5.41, 5.74) is 1.07. The first-order valence-corrected chi connectivity index (χ1v) is 6.18. The highest BCUT2D eigenvalue weighted by Gasteiger charge is 2.16. The lowest BCUT2D eigenvalue weighted by Crippen LogP contribution is -2.30. The van der Waals surface area contributed by atoms with Crippen LogP contribution >= 0.6 is 23.7 Å². The Hall–Kier alpha value is -0.580.